The Hall–Kier alpha value is -2.38. The van der Waals surface area contributed by atoms with Gasteiger partial charge in [0.25, 0.3) is 5.91 Å². The fraction of sp³-hybridized carbons (Fsp3) is 0.368. The zero-order chi connectivity index (χ0) is 18.7. The molecule has 7 heteroatoms. The molecule has 1 amide bonds. The van der Waals surface area contributed by atoms with Gasteiger partial charge in [0, 0.05) is 18.0 Å². The van der Waals surface area contributed by atoms with Crippen LogP contribution < -0.4 is 4.74 Å². The Labute approximate surface area is 156 Å². The standard InChI is InChI=1S/C19H21NO5S/c1-12-16(13-3-5-14(24-2)6-4-13)10-17(26-12)19(23)20-7-8-25-15(11-20)9-18(21)22/h3-6,10,15H,7-9,11H2,1-2H3,(H,21,22). The SMILES string of the molecule is COc1ccc(-c2cc(C(=O)N3CCOC(CC(=O)O)C3)sc2C)cc1. The zero-order valence-electron chi connectivity index (χ0n) is 14.7. The van der Waals surface area contributed by atoms with Gasteiger partial charge in [0.1, 0.15) is 5.75 Å². The lowest BCUT2D eigenvalue weighted by atomic mass is 10.1. The Bertz CT molecular complexity index is 799. The van der Waals surface area contributed by atoms with E-state index < -0.39 is 12.1 Å². The van der Waals surface area contributed by atoms with Gasteiger partial charge in [0.05, 0.1) is 31.1 Å². The number of morpholine rings is 1. The van der Waals surface area contributed by atoms with Crippen LogP contribution in [0.3, 0.4) is 0 Å². The summed E-state index contributed by atoms with van der Waals surface area (Å²) in [6.07, 6.45) is -0.544. The van der Waals surface area contributed by atoms with Crippen LogP contribution in [0, 0.1) is 6.92 Å². The number of thiophene rings is 1. The van der Waals surface area contributed by atoms with Gasteiger partial charge in [0.2, 0.25) is 0 Å². The van der Waals surface area contributed by atoms with E-state index in [-0.39, 0.29) is 12.3 Å². The molecular formula is C19H21NO5S. The van der Waals surface area contributed by atoms with E-state index in [1.807, 2.05) is 37.3 Å². The van der Waals surface area contributed by atoms with Crippen LogP contribution in [0.2, 0.25) is 0 Å². The fourth-order valence-corrected chi connectivity index (χ4v) is 4.03. The summed E-state index contributed by atoms with van der Waals surface area (Å²) in [6, 6.07) is 9.64. The van der Waals surface area contributed by atoms with Crippen LogP contribution in [-0.4, -0.2) is 54.8 Å². The van der Waals surface area contributed by atoms with Crippen LogP contribution in [0.15, 0.2) is 30.3 Å². The Morgan fingerprint density at radius 1 is 1.35 bits per heavy atom. The summed E-state index contributed by atoms with van der Waals surface area (Å²) >= 11 is 1.46. The highest BCUT2D eigenvalue weighted by atomic mass is 32.1. The van der Waals surface area contributed by atoms with Crippen molar-refractivity contribution in [3.05, 3.63) is 40.1 Å². The summed E-state index contributed by atoms with van der Waals surface area (Å²) in [7, 11) is 1.63. The molecule has 0 aliphatic carbocycles. The molecule has 0 spiro atoms. The smallest absolute Gasteiger partial charge is 0.306 e. The van der Waals surface area contributed by atoms with Crippen LogP contribution in [-0.2, 0) is 9.53 Å². The van der Waals surface area contributed by atoms with Crippen molar-refractivity contribution in [3.8, 4) is 16.9 Å². The van der Waals surface area contributed by atoms with Crippen LogP contribution in [0.1, 0.15) is 21.0 Å². The number of aryl methyl sites for hydroxylation is 1. The molecule has 6 nitrogen and oxygen atoms in total. The van der Waals surface area contributed by atoms with Crippen molar-refractivity contribution in [1.82, 2.24) is 4.90 Å². The molecule has 1 aliphatic heterocycles. The number of nitrogens with zero attached hydrogens (tertiary/aromatic N) is 1. The fourth-order valence-electron chi connectivity index (χ4n) is 3.02. The van der Waals surface area contributed by atoms with E-state index >= 15 is 0 Å². The second kappa shape index (κ2) is 7.88. The number of carboxylic acids is 1. The molecule has 0 saturated carbocycles. The third-order valence-corrected chi connectivity index (χ3v) is 5.40. The molecular weight excluding hydrogens is 354 g/mol. The maximum absolute atomic E-state index is 12.8. The Morgan fingerprint density at radius 2 is 2.08 bits per heavy atom. The van der Waals surface area contributed by atoms with E-state index in [1.165, 1.54) is 11.3 Å². The molecule has 3 rings (SSSR count). The van der Waals surface area contributed by atoms with E-state index in [2.05, 4.69) is 0 Å². The largest absolute Gasteiger partial charge is 0.497 e. The Balaban J connectivity index is 1.77. The quantitative estimate of drug-likeness (QED) is 0.869. The third-order valence-electron chi connectivity index (χ3n) is 4.36. The molecule has 0 bridgehead atoms. The first-order valence-electron chi connectivity index (χ1n) is 8.35. The summed E-state index contributed by atoms with van der Waals surface area (Å²) in [5.74, 6) is -0.203. The molecule has 1 aromatic heterocycles. The average Bonchev–Trinajstić information content (AvgIpc) is 3.02. The van der Waals surface area contributed by atoms with E-state index in [9.17, 15) is 9.59 Å². The van der Waals surface area contributed by atoms with Crippen molar-refractivity contribution >= 4 is 23.2 Å². The van der Waals surface area contributed by atoms with E-state index in [0.717, 1.165) is 21.8 Å². The lowest BCUT2D eigenvalue weighted by Crippen LogP contribution is -2.46. The molecule has 1 aromatic carbocycles. The second-order valence-corrected chi connectivity index (χ2v) is 7.41. The summed E-state index contributed by atoms with van der Waals surface area (Å²) in [5.41, 5.74) is 2.06. The van der Waals surface area contributed by atoms with Crippen molar-refractivity contribution in [3.63, 3.8) is 0 Å². The first-order chi connectivity index (χ1) is 12.5. The van der Waals surface area contributed by atoms with Gasteiger partial charge in [-0.2, -0.15) is 0 Å². The van der Waals surface area contributed by atoms with Crippen LogP contribution in [0.5, 0.6) is 5.75 Å². The second-order valence-electron chi connectivity index (χ2n) is 6.15. The Morgan fingerprint density at radius 3 is 2.73 bits per heavy atom. The van der Waals surface area contributed by atoms with Crippen molar-refractivity contribution in [2.45, 2.75) is 19.4 Å². The van der Waals surface area contributed by atoms with Crippen molar-refractivity contribution in [2.24, 2.45) is 0 Å². The number of amides is 1. The molecule has 1 aliphatic rings. The lowest BCUT2D eigenvalue weighted by molar-refractivity contribution is -0.141. The first kappa shape index (κ1) is 18.4. The summed E-state index contributed by atoms with van der Waals surface area (Å²) in [6.45, 7) is 3.14. The summed E-state index contributed by atoms with van der Waals surface area (Å²) in [5, 5.41) is 8.92. The van der Waals surface area contributed by atoms with Crippen LogP contribution >= 0.6 is 11.3 Å². The number of hydrogen-bond donors (Lipinski definition) is 1. The van der Waals surface area contributed by atoms with E-state index in [1.54, 1.807) is 12.0 Å². The summed E-state index contributed by atoms with van der Waals surface area (Å²) in [4.78, 5) is 27.1. The van der Waals surface area contributed by atoms with Gasteiger partial charge >= 0.3 is 5.97 Å². The van der Waals surface area contributed by atoms with Gasteiger partial charge in [-0.05, 0) is 36.2 Å². The number of carbonyl (C=O) groups excluding carboxylic acids is 1. The van der Waals surface area contributed by atoms with E-state index in [0.29, 0.717) is 24.6 Å². The number of benzene rings is 1. The summed E-state index contributed by atoms with van der Waals surface area (Å²) < 4.78 is 10.6. The van der Waals surface area contributed by atoms with Gasteiger partial charge < -0.3 is 19.5 Å². The average molecular weight is 375 g/mol. The zero-order valence-corrected chi connectivity index (χ0v) is 15.5. The monoisotopic (exact) mass is 375 g/mol. The molecule has 138 valence electrons. The molecule has 1 unspecified atom stereocenters. The highest BCUT2D eigenvalue weighted by Gasteiger charge is 2.27. The predicted octanol–water partition coefficient (Wildman–Crippen LogP) is 3.05. The van der Waals surface area contributed by atoms with Crippen molar-refractivity contribution in [1.29, 1.82) is 0 Å². The normalized spacial score (nSPS) is 17.2. The number of methoxy groups -OCH3 is 1. The number of ether oxygens (including phenoxy) is 2. The molecule has 1 atom stereocenters. The topological polar surface area (TPSA) is 76.1 Å². The van der Waals surface area contributed by atoms with Gasteiger partial charge in [0.15, 0.2) is 0 Å². The van der Waals surface area contributed by atoms with Crippen LogP contribution in [0.25, 0.3) is 11.1 Å². The lowest BCUT2D eigenvalue weighted by Gasteiger charge is -2.32. The molecule has 1 fully saturated rings. The van der Waals surface area contributed by atoms with Crippen molar-refractivity contribution in [2.75, 3.05) is 26.8 Å². The van der Waals surface area contributed by atoms with Gasteiger partial charge in [-0.25, -0.2) is 0 Å². The van der Waals surface area contributed by atoms with Gasteiger partial charge in [-0.1, -0.05) is 12.1 Å². The minimum atomic E-state index is -0.918. The highest BCUT2D eigenvalue weighted by Crippen LogP contribution is 2.33. The van der Waals surface area contributed by atoms with Gasteiger partial charge in [-0.3, -0.25) is 9.59 Å². The molecule has 0 radical (unpaired) electrons. The molecule has 2 aromatic rings. The highest BCUT2D eigenvalue weighted by molar-refractivity contribution is 7.14. The number of aliphatic carboxylic acids is 1. The van der Waals surface area contributed by atoms with Gasteiger partial charge in [-0.15, -0.1) is 11.3 Å². The minimum absolute atomic E-state index is 0.0726. The third kappa shape index (κ3) is 4.05. The van der Waals surface area contributed by atoms with E-state index in [4.69, 9.17) is 14.6 Å². The maximum atomic E-state index is 12.8. The van der Waals surface area contributed by atoms with Crippen molar-refractivity contribution < 1.29 is 24.2 Å². The first-order valence-corrected chi connectivity index (χ1v) is 9.17. The molecule has 1 saturated heterocycles. The molecule has 2 heterocycles. The number of carbonyl (C=O) groups is 2. The Kier molecular flexibility index (Phi) is 5.58. The molecule has 1 N–H and O–H groups in total. The van der Waals surface area contributed by atoms with Crippen LogP contribution in [0.4, 0.5) is 0 Å². The minimum Gasteiger partial charge on any atom is -0.497 e. The number of carboxylic acid groups (broad SMARTS) is 1. The predicted molar refractivity (Wildman–Crippen MR) is 98.9 cm³/mol. The number of hydrogen-bond acceptors (Lipinski definition) is 5. The maximum Gasteiger partial charge on any atom is 0.306 e. The number of rotatable bonds is 5. The molecule has 26 heavy (non-hydrogen) atoms.